The SMILES string of the molecule is COC(=O)c1ccc(N2CCNCC2)c(OC)c1C(=O)OC. The highest BCUT2D eigenvalue weighted by Gasteiger charge is 2.28. The van der Waals surface area contributed by atoms with Crippen molar-refractivity contribution >= 4 is 17.6 Å². The average Bonchev–Trinajstić information content (AvgIpc) is 2.59. The highest BCUT2D eigenvalue weighted by molar-refractivity contribution is 6.06. The van der Waals surface area contributed by atoms with Crippen molar-refractivity contribution in [3.63, 3.8) is 0 Å². The topological polar surface area (TPSA) is 77.1 Å². The third kappa shape index (κ3) is 2.99. The Bertz CT molecular complexity index is 567. The van der Waals surface area contributed by atoms with Gasteiger partial charge < -0.3 is 24.4 Å². The Morgan fingerprint density at radius 2 is 1.68 bits per heavy atom. The maximum absolute atomic E-state index is 12.1. The molecule has 0 bridgehead atoms. The molecule has 120 valence electrons. The third-order valence-electron chi connectivity index (χ3n) is 3.59. The van der Waals surface area contributed by atoms with Crippen LogP contribution in [-0.2, 0) is 9.47 Å². The van der Waals surface area contributed by atoms with Gasteiger partial charge in [-0.25, -0.2) is 9.59 Å². The second-order valence-electron chi connectivity index (χ2n) is 4.76. The fourth-order valence-electron chi connectivity index (χ4n) is 2.52. The van der Waals surface area contributed by atoms with E-state index < -0.39 is 11.9 Å². The number of nitrogens with zero attached hydrogens (tertiary/aromatic N) is 1. The number of esters is 2. The van der Waals surface area contributed by atoms with E-state index in [2.05, 4.69) is 10.2 Å². The first-order valence-corrected chi connectivity index (χ1v) is 6.97. The normalized spacial score (nSPS) is 14.4. The Kier molecular flexibility index (Phi) is 5.21. The van der Waals surface area contributed by atoms with Crippen LogP contribution in [0.2, 0.25) is 0 Å². The van der Waals surface area contributed by atoms with Crippen LogP contribution in [0.4, 0.5) is 5.69 Å². The molecule has 1 heterocycles. The number of carbonyl (C=O) groups is 2. The van der Waals surface area contributed by atoms with Crippen LogP contribution < -0.4 is 15.0 Å². The number of nitrogens with one attached hydrogen (secondary N) is 1. The zero-order chi connectivity index (χ0) is 16.1. The molecule has 7 heteroatoms. The summed E-state index contributed by atoms with van der Waals surface area (Å²) in [5, 5.41) is 3.26. The highest BCUT2D eigenvalue weighted by atomic mass is 16.5. The third-order valence-corrected chi connectivity index (χ3v) is 3.59. The van der Waals surface area contributed by atoms with E-state index in [1.54, 1.807) is 12.1 Å². The maximum atomic E-state index is 12.1. The smallest absolute Gasteiger partial charge is 0.342 e. The number of ether oxygens (including phenoxy) is 3. The molecule has 0 aliphatic carbocycles. The van der Waals surface area contributed by atoms with E-state index >= 15 is 0 Å². The molecule has 1 fully saturated rings. The van der Waals surface area contributed by atoms with E-state index in [4.69, 9.17) is 14.2 Å². The summed E-state index contributed by atoms with van der Waals surface area (Å²) in [5.74, 6) is -0.906. The van der Waals surface area contributed by atoms with E-state index in [-0.39, 0.29) is 11.1 Å². The molecule has 1 aromatic rings. The van der Waals surface area contributed by atoms with Gasteiger partial charge in [-0.1, -0.05) is 0 Å². The molecule has 22 heavy (non-hydrogen) atoms. The molecule has 1 aliphatic rings. The maximum Gasteiger partial charge on any atom is 0.342 e. The van der Waals surface area contributed by atoms with Gasteiger partial charge in [0.1, 0.15) is 5.56 Å². The number of methoxy groups -OCH3 is 3. The lowest BCUT2D eigenvalue weighted by Crippen LogP contribution is -2.43. The van der Waals surface area contributed by atoms with Gasteiger partial charge in [0.25, 0.3) is 0 Å². The predicted octanol–water partition coefficient (Wildman–Crippen LogP) is 0.678. The molecule has 0 saturated carbocycles. The Morgan fingerprint density at radius 1 is 1.05 bits per heavy atom. The molecule has 0 atom stereocenters. The lowest BCUT2D eigenvalue weighted by atomic mass is 10.0. The van der Waals surface area contributed by atoms with Gasteiger partial charge in [0.15, 0.2) is 5.75 Å². The van der Waals surface area contributed by atoms with Crippen molar-refractivity contribution in [2.24, 2.45) is 0 Å². The average molecular weight is 308 g/mol. The van der Waals surface area contributed by atoms with Gasteiger partial charge in [-0.2, -0.15) is 0 Å². The number of benzene rings is 1. The second kappa shape index (κ2) is 7.13. The molecule has 0 aromatic heterocycles. The van der Waals surface area contributed by atoms with Gasteiger partial charge in [-0.3, -0.25) is 0 Å². The summed E-state index contributed by atoms with van der Waals surface area (Å²) in [6.07, 6.45) is 0. The molecular weight excluding hydrogens is 288 g/mol. The molecule has 1 aromatic carbocycles. The highest BCUT2D eigenvalue weighted by Crippen LogP contribution is 2.35. The largest absolute Gasteiger partial charge is 0.494 e. The van der Waals surface area contributed by atoms with Crippen molar-refractivity contribution in [1.29, 1.82) is 0 Å². The zero-order valence-corrected chi connectivity index (χ0v) is 13.0. The summed E-state index contributed by atoms with van der Waals surface area (Å²) in [5.41, 5.74) is 0.982. The number of anilines is 1. The number of carbonyl (C=O) groups excluding carboxylic acids is 2. The summed E-state index contributed by atoms with van der Waals surface area (Å²) in [7, 11) is 3.99. The van der Waals surface area contributed by atoms with Crippen LogP contribution >= 0.6 is 0 Å². The van der Waals surface area contributed by atoms with Crippen molar-refractivity contribution < 1.29 is 23.8 Å². The number of piperazine rings is 1. The molecule has 2 rings (SSSR count). The van der Waals surface area contributed by atoms with Crippen LogP contribution in [0.3, 0.4) is 0 Å². The lowest BCUT2D eigenvalue weighted by molar-refractivity contribution is 0.0552. The monoisotopic (exact) mass is 308 g/mol. The predicted molar refractivity (Wildman–Crippen MR) is 80.8 cm³/mol. The minimum Gasteiger partial charge on any atom is -0.494 e. The molecule has 1 aliphatic heterocycles. The van der Waals surface area contributed by atoms with Gasteiger partial charge in [-0.05, 0) is 12.1 Å². The van der Waals surface area contributed by atoms with Gasteiger partial charge in [0, 0.05) is 26.2 Å². The van der Waals surface area contributed by atoms with Gasteiger partial charge in [0.2, 0.25) is 0 Å². The number of hydrogen-bond donors (Lipinski definition) is 1. The minimum atomic E-state index is -0.630. The summed E-state index contributed by atoms with van der Waals surface area (Å²) in [6, 6.07) is 3.33. The van der Waals surface area contributed by atoms with Crippen molar-refractivity contribution in [3.05, 3.63) is 23.3 Å². The fraction of sp³-hybridized carbons (Fsp3) is 0.467. The summed E-state index contributed by atoms with van der Waals surface area (Å²) in [4.78, 5) is 26.1. The van der Waals surface area contributed by atoms with E-state index in [0.29, 0.717) is 5.75 Å². The zero-order valence-electron chi connectivity index (χ0n) is 13.0. The molecule has 7 nitrogen and oxygen atoms in total. The van der Waals surface area contributed by atoms with Crippen molar-refractivity contribution in [2.75, 3.05) is 52.4 Å². The van der Waals surface area contributed by atoms with Crippen LogP contribution in [0.5, 0.6) is 5.75 Å². The molecule has 0 unspecified atom stereocenters. The van der Waals surface area contributed by atoms with Crippen LogP contribution in [0.25, 0.3) is 0 Å². The fourth-order valence-corrected chi connectivity index (χ4v) is 2.52. The summed E-state index contributed by atoms with van der Waals surface area (Å²) in [6.45, 7) is 3.26. The van der Waals surface area contributed by atoms with Crippen molar-refractivity contribution in [3.8, 4) is 5.75 Å². The molecular formula is C15H20N2O5. The van der Waals surface area contributed by atoms with Crippen LogP contribution in [-0.4, -0.2) is 59.4 Å². The molecule has 0 amide bonds. The van der Waals surface area contributed by atoms with Crippen LogP contribution in [0, 0.1) is 0 Å². The molecule has 0 radical (unpaired) electrons. The van der Waals surface area contributed by atoms with Crippen molar-refractivity contribution in [1.82, 2.24) is 5.32 Å². The van der Waals surface area contributed by atoms with E-state index in [0.717, 1.165) is 31.9 Å². The molecule has 0 spiro atoms. The quantitative estimate of drug-likeness (QED) is 0.819. The van der Waals surface area contributed by atoms with E-state index in [1.807, 2.05) is 0 Å². The molecule has 1 N–H and O–H groups in total. The second-order valence-corrected chi connectivity index (χ2v) is 4.76. The van der Waals surface area contributed by atoms with Gasteiger partial charge in [0.05, 0.1) is 32.6 Å². The number of hydrogen-bond acceptors (Lipinski definition) is 7. The first kappa shape index (κ1) is 16.1. The van der Waals surface area contributed by atoms with Gasteiger partial charge >= 0.3 is 11.9 Å². The number of rotatable bonds is 4. The standard InChI is InChI=1S/C15H20N2O5/c1-20-13-11(17-8-6-16-7-9-17)5-4-10(14(18)21-2)12(13)15(19)22-3/h4-5,16H,6-9H2,1-3H3. The van der Waals surface area contributed by atoms with Crippen LogP contribution in [0.15, 0.2) is 12.1 Å². The molecule has 1 saturated heterocycles. The Morgan fingerprint density at radius 3 is 2.23 bits per heavy atom. The van der Waals surface area contributed by atoms with Gasteiger partial charge in [-0.15, -0.1) is 0 Å². The summed E-state index contributed by atoms with van der Waals surface area (Å²) < 4.78 is 14.9. The first-order valence-electron chi connectivity index (χ1n) is 6.97. The Labute approximate surface area is 129 Å². The summed E-state index contributed by atoms with van der Waals surface area (Å²) >= 11 is 0. The van der Waals surface area contributed by atoms with E-state index in [1.165, 1.54) is 21.3 Å². The van der Waals surface area contributed by atoms with E-state index in [9.17, 15) is 9.59 Å². The lowest BCUT2D eigenvalue weighted by Gasteiger charge is -2.31. The van der Waals surface area contributed by atoms with Crippen LogP contribution in [0.1, 0.15) is 20.7 Å². The minimum absolute atomic E-state index is 0.0906. The van der Waals surface area contributed by atoms with Crippen molar-refractivity contribution in [2.45, 2.75) is 0 Å². The first-order chi connectivity index (χ1) is 10.6. The Balaban J connectivity index is 2.57. The Hall–Kier alpha value is -2.28.